The van der Waals surface area contributed by atoms with Gasteiger partial charge in [0.1, 0.15) is 5.82 Å². The SMILES string of the molecule is Cc1nc2c(n1CCc1ccccn1)CCCC2. The van der Waals surface area contributed by atoms with Crippen LogP contribution in [0.5, 0.6) is 0 Å². The molecular weight excluding hydrogens is 222 g/mol. The number of imidazole rings is 1. The smallest absolute Gasteiger partial charge is 0.106 e. The molecule has 1 aliphatic rings. The molecule has 0 atom stereocenters. The fourth-order valence-corrected chi connectivity index (χ4v) is 2.80. The van der Waals surface area contributed by atoms with E-state index in [2.05, 4.69) is 28.6 Å². The van der Waals surface area contributed by atoms with E-state index in [-0.39, 0.29) is 0 Å². The Bertz CT molecular complexity index is 528. The minimum Gasteiger partial charge on any atom is -0.332 e. The first-order valence-electron chi connectivity index (χ1n) is 6.79. The maximum absolute atomic E-state index is 4.71. The Morgan fingerprint density at radius 2 is 2.11 bits per heavy atom. The lowest BCUT2D eigenvalue weighted by atomic mass is 10.0. The summed E-state index contributed by atoms with van der Waals surface area (Å²) in [6.07, 6.45) is 7.81. The lowest BCUT2D eigenvalue weighted by molar-refractivity contribution is 0.592. The fraction of sp³-hybridized carbons (Fsp3) is 0.467. The van der Waals surface area contributed by atoms with Gasteiger partial charge in [-0.2, -0.15) is 0 Å². The molecule has 0 spiro atoms. The van der Waals surface area contributed by atoms with Crippen LogP contribution in [0.4, 0.5) is 0 Å². The number of aromatic nitrogens is 3. The Morgan fingerprint density at radius 1 is 1.22 bits per heavy atom. The van der Waals surface area contributed by atoms with Gasteiger partial charge in [-0.15, -0.1) is 0 Å². The summed E-state index contributed by atoms with van der Waals surface area (Å²) in [6, 6.07) is 6.12. The minimum atomic E-state index is 0.991. The molecule has 0 aliphatic heterocycles. The molecule has 0 amide bonds. The zero-order valence-electron chi connectivity index (χ0n) is 10.9. The fourth-order valence-electron chi connectivity index (χ4n) is 2.80. The number of nitrogens with zero attached hydrogens (tertiary/aromatic N) is 3. The van der Waals surface area contributed by atoms with E-state index in [4.69, 9.17) is 4.98 Å². The Kier molecular flexibility index (Phi) is 3.13. The Morgan fingerprint density at radius 3 is 2.94 bits per heavy atom. The largest absolute Gasteiger partial charge is 0.332 e. The van der Waals surface area contributed by atoms with Crippen molar-refractivity contribution in [2.24, 2.45) is 0 Å². The van der Waals surface area contributed by atoms with Gasteiger partial charge in [-0.05, 0) is 44.7 Å². The molecule has 0 aromatic carbocycles. The Labute approximate surface area is 108 Å². The third-order valence-corrected chi connectivity index (χ3v) is 3.74. The minimum absolute atomic E-state index is 0.991. The van der Waals surface area contributed by atoms with Crippen molar-refractivity contribution in [1.82, 2.24) is 14.5 Å². The summed E-state index contributed by atoms with van der Waals surface area (Å²) < 4.78 is 2.39. The van der Waals surface area contributed by atoms with Gasteiger partial charge in [0.05, 0.1) is 5.69 Å². The molecule has 0 fully saturated rings. The zero-order valence-corrected chi connectivity index (χ0v) is 10.9. The van der Waals surface area contributed by atoms with E-state index in [0.717, 1.165) is 30.9 Å². The molecule has 2 heterocycles. The van der Waals surface area contributed by atoms with Gasteiger partial charge in [0, 0.05) is 30.6 Å². The Balaban J connectivity index is 1.78. The molecule has 0 radical (unpaired) electrons. The van der Waals surface area contributed by atoms with Gasteiger partial charge in [0.2, 0.25) is 0 Å². The summed E-state index contributed by atoms with van der Waals surface area (Å²) in [5.41, 5.74) is 3.96. The van der Waals surface area contributed by atoms with Crippen LogP contribution in [0, 0.1) is 6.92 Å². The average Bonchev–Trinajstić information content (AvgIpc) is 2.73. The molecule has 3 nitrogen and oxygen atoms in total. The van der Waals surface area contributed by atoms with Crippen molar-refractivity contribution >= 4 is 0 Å². The van der Waals surface area contributed by atoms with Crippen molar-refractivity contribution in [3.63, 3.8) is 0 Å². The van der Waals surface area contributed by atoms with E-state index in [1.807, 2.05) is 12.3 Å². The number of hydrogen-bond acceptors (Lipinski definition) is 2. The van der Waals surface area contributed by atoms with E-state index in [1.165, 1.54) is 30.7 Å². The number of hydrogen-bond donors (Lipinski definition) is 0. The van der Waals surface area contributed by atoms with Crippen LogP contribution < -0.4 is 0 Å². The average molecular weight is 241 g/mol. The van der Waals surface area contributed by atoms with Crippen molar-refractivity contribution in [3.8, 4) is 0 Å². The van der Waals surface area contributed by atoms with E-state index < -0.39 is 0 Å². The molecule has 1 aliphatic carbocycles. The second kappa shape index (κ2) is 4.92. The van der Waals surface area contributed by atoms with Crippen LogP contribution in [0.1, 0.15) is 35.7 Å². The predicted octanol–water partition coefficient (Wildman–Crippen LogP) is 2.71. The molecule has 94 valence electrons. The van der Waals surface area contributed by atoms with E-state index in [1.54, 1.807) is 0 Å². The summed E-state index contributed by atoms with van der Waals surface area (Å²) in [4.78, 5) is 9.09. The first-order valence-corrected chi connectivity index (χ1v) is 6.79. The first-order chi connectivity index (χ1) is 8.84. The van der Waals surface area contributed by atoms with Crippen LogP contribution in [-0.2, 0) is 25.8 Å². The molecule has 0 saturated carbocycles. The van der Waals surface area contributed by atoms with Crippen molar-refractivity contribution < 1.29 is 0 Å². The maximum atomic E-state index is 4.71. The molecule has 3 heteroatoms. The zero-order chi connectivity index (χ0) is 12.4. The monoisotopic (exact) mass is 241 g/mol. The van der Waals surface area contributed by atoms with Gasteiger partial charge >= 0.3 is 0 Å². The van der Waals surface area contributed by atoms with E-state index in [9.17, 15) is 0 Å². The lowest BCUT2D eigenvalue weighted by Crippen LogP contribution is -2.11. The van der Waals surface area contributed by atoms with Crippen molar-refractivity contribution in [1.29, 1.82) is 0 Å². The van der Waals surface area contributed by atoms with Crippen LogP contribution >= 0.6 is 0 Å². The number of aryl methyl sites for hydroxylation is 3. The van der Waals surface area contributed by atoms with Gasteiger partial charge in [0.15, 0.2) is 0 Å². The highest BCUT2D eigenvalue weighted by Gasteiger charge is 2.17. The molecule has 0 unspecified atom stereocenters. The molecule has 0 saturated heterocycles. The molecule has 2 aromatic rings. The van der Waals surface area contributed by atoms with E-state index in [0.29, 0.717) is 0 Å². The van der Waals surface area contributed by atoms with Gasteiger partial charge in [0.25, 0.3) is 0 Å². The second-order valence-corrected chi connectivity index (χ2v) is 4.98. The highest BCUT2D eigenvalue weighted by Crippen LogP contribution is 2.22. The highest BCUT2D eigenvalue weighted by molar-refractivity contribution is 5.20. The lowest BCUT2D eigenvalue weighted by Gasteiger charge is -2.14. The standard InChI is InChI=1S/C15H19N3/c1-12-17-14-7-2-3-8-15(14)18(12)11-9-13-6-4-5-10-16-13/h4-6,10H,2-3,7-9,11H2,1H3. The summed E-state index contributed by atoms with van der Waals surface area (Å²) >= 11 is 0. The third kappa shape index (κ3) is 2.17. The molecule has 0 bridgehead atoms. The summed E-state index contributed by atoms with van der Waals surface area (Å²) in [6.45, 7) is 3.13. The number of pyridine rings is 1. The van der Waals surface area contributed by atoms with Crippen LogP contribution in [0.2, 0.25) is 0 Å². The van der Waals surface area contributed by atoms with Crippen molar-refractivity contribution in [2.75, 3.05) is 0 Å². The molecule has 18 heavy (non-hydrogen) atoms. The number of rotatable bonds is 3. The number of fused-ring (bicyclic) bond motifs is 1. The summed E-state index contributed by atoms with van der Waals surface area (Å²) in [7, 11) is 0. The third-order valence-electron chi connectivity index (χ3n) is 3.74. The highest BCUT2D eigenvalue weighted by atomic mass is 15.1. The van der Waals surface area contributed by atoms with Crippen molar-refractivity contribution in [2.45, 2.75) is 45.6 Å². The summed E-state index contributed by atoms with van der Waals surface area (Å²) in [5.74, 6) is 1.16. The first kappa shape index (κ1) is 11.5. The van der Waals surface area contributed by atoms with Gasteiger partial charge in [-0.1, -0.05) is 6.07 Å². The normalized spacial score (nSPS) is 14.5. The summed E-state index contributed by atoms with van der Waals surface area (Å²) in [5, 5.41) is 0. The quantitative estimate of drug-likeness (QED) is 0.827. The van der Waals surface area contributed by atoms with Crippen LogP contribution in [0.3, 0.4) is 0 Å². The van der Waals surface area contributed by atoms with Gasteiger partial charge in [-0.25, -0.2) is 4.98 Å². The maximum Gasteiger partial charge on any atom is 0.106 e. The van der Waals surface area contributed by atoms with Crippen molar-refractivity contribution in [3.05, 3.63) is 47.3 Å². The molecular formula is C15H19N3. The van der Waals surface area contributed by atoms with Gasteiger partial charge < -0.3 is 4.57 Å². The second-order valence-electron chi connectivity index (χ2n) is 4.98. The van der Waals surface area contributed by atoms with E-state index >= 15 is 0 Å². The van der Waals surface area contributed by atoms with Crippen LogP contribution in [0.15, 0.2) is 24.4 Å². The van der Waals surface area contributed by atoms with Crippen LogP contribution in [0.25, 0.3) is 0 Å². The molecule has 2 aromatic heterocycles. The predicted molar refractivity (Wildman–Crippen MR) is 71.5 cm³/mol. The topological polar surface area (TPSA) is 30.7 Å². The molecule has 0 N–H and O–H groups in total. The van der Waals surface area contributed by atoms with Gasteiger partial charge in [-0.3, -0.25) is 4.98 Å². The Hall–Kier alpha value is -1.64. The van der Waals surface area contributed by atoms with Crippen LogP contribution in [-0.4, -0.2) is 14.5 Å². The molecule has 3 rings (SSSR count).